The lowest BCUT2D eigenvalue weighted by Gasteiger charge is -2.14. The first kappa shape index (κ1) is 15.9. The van der Waals surface area contributed by atoms with Crippen molar-refractivity contribution in [3.63, 3.8) is 0 Å². The van der Waals surface area contributed by atoms with Crippen molar-refractivity contribution >= 4 is 11.3 Å². The van der Waals surface area contributed by atoms with Crippen LogP contribution in [0.5, 0.6) is 0 Å². The molecule has 0 saturated carbocycles. The number of nitrogens with two attached hydrogens (primary N) is 1. The minimum Gasteiger partial charge on any atom is -0.329 e. The Labute approximate surface area is 141 Å². The normalized spacial score (nSPS) is 12.7. The molecule has 0 spiro atoms. The van der Waals surface area contributed by atoms with E-state index in [-0.39, 0.29) is 5.92 Å². The van der Waals surface area contributed by atoms with Crippen LogP contribution >= 0.6 is 11.3 Å². The molecule has 0 aliphatic carbocycles. The molecule has 0 fully saturated rings. The zero-order chi connectivity index (χ0) is 16.4. The van der Waals surface area contributed by atoms with Crippen molar-refractivity contribution in [3.05, 3.63) is 63.9 Å². The molecule has 0 aliphatic heterocycles. The van der Waals surface area contributed by atoms with E-state index in [0.717, 1.165) is 27.8 Å². The predicted molar refractivity (Wildman–Crippen MR) is 95.4 cm³/mol. The van der Waals surface area contributed by atoms with Gasteiger partial charge in [0.1, 0.15) is 5.01 Å². The van der Waals surface area contributed by atoms with Gasteiger partial charge in [-0.3, -0.25) is 0 Å². The van der Waals surface area contributed by atoms with Crippen LogP contribution in [0.2, 0.25) is 0 Å². The topological polar surface area (TPSA) is 56.7 Å². The number of nitrogens with zero attached hydrogens (tertiary/aromatic N) is 3. The highest BCUT2D eigenvalue weighted by molar-refractivity contribution is 7.09. The van der Waals surface area contributed by atoms with Crippen LogP contribution < -0.4 is 5.73 Å². The monoisotopic (exact) mass is 326 g/mol. The van der Waals surface area contributed by atoms with Crippen LogP contribution in [-0.4, -0.2) is 21.3 Å². The maximum Gasteiger partial charge on any atom is 0.103 e. The highest BCUT2D eigenvalue weighted by atomic mass is 32.1. The van der Waals surface area contributed by atoms with Crippen molar-refractivity contribution in [1.29, 1.82) is 0 Å². The van der Waals surface area contributed by atoms with Gasteiger partial charge in [-0.1, -0.05) is 32.0 Å². The molecular weight excluding hydrogens is 304 g/mol. The molecule has 23 heavy (non-hydrogen) atoms. The summed E-state index contributed by atoms with van der Waals surface area (Å²) in [5.41, 5.74) is 10.4. The minimum absolute atomic E-state index is 0.0638. The number of para-hydroxylation sites is 1. The number of hydrogen-bond donors (Lipinski definition) is 1. The fraction of sp³-hybridized carbons (Fsp3) is 0.333. The Kier molecular flexibility index (Phi) is 4.59. The summed E-state index contributed by atoms with van der Waals surface area (Å²) < 4.78 is 2.02. The summed E-state index contributed by atoms with van der Waals surface area (Å²) in [5, 5.41) is 7.95. The van der Waals surface area contributed by atoms with E-state index < -0.39 is 0 Å². The lowest BCUT2D eigenvalue weighted by atomic mass is 10.0. The fourth-order valence-corrected chi connectivity index (χ4v) is 3.52. The Balaban J connectivity index is 2.13. The van der Waals surface area contributed by atoms with Crippen LogP contribution in [0.4, 0.5) is 0 Å². The van der Waals surface area contributed by atoms with Gasteiger partial charge in [0, 0.05) is 17.6 Å². The van der Waals surface area contributed by atoms with E-state index in [9.17, 15) is 0 Å². The first-order valence-electron chi connectivity index (χ1n) is 7.87. The molecule has 0 aliphatic rings. The smallest absolute Gasteiger partial charge is 0.103 e. The van der Waals surface area contributed by atoms with E-state index >= 15 is 0 Å². The van der Waals surface area contributed by atoms with E-state index in [1.54, 1.807) is 11.3 Å². The van der Waals surface area contributed by atoms with Gasteiger partial charge in [0.05, 0.1) is 23.0 Å². The highest BCUT2D eigenvalue weighted by Gasteiger charge is 2.23. The van der Waals surface area contributed by atoms with Gasteiger partial charge in [-0.2, -0.15) is 5.10 Å². The number of thiazole rings is 1. The van der Waals surface area contributed by atoms with Gasteiger partial charge < -0.3 is 5.73 Å². The molecule has 5 heteroatoms. The van der Waals surface area contributed by atoms with Crippen LogP contribution in [0.25, 0.3) is 5.69 Å². The van der Waals surface area contributed by atoms with Crippen LogP contribution in [0.1, 0.15) is 47.8 Å². The Morgan fingerprint density at radius 2 is 1.96 bits per heavy atom. The largest absolute Gasteiger partial charge is 0.329 e. The van der Waals surface area contributed by atoms with E-state index in [2.05, 4.69) is 42.4 Å². The summed E-state index contributed by atoms with van der Waals surface area (Å²) in [6, 6.07) is 12.4. The number of rotatable bonds is 5. The third kappa shape index (κ3) is 3.21. The molecule has 4 nitrogen and oxygen atoms in total. The molecule has 3 rings (SSSR count). The second-order valence-corrected chi connectivity index (χ2v) is 6.90. The average molecular weight is 326 g/mol. The number of aryl methyl sites for hydroxylation is 1. The second kappa shape index (κ2) is 6.64. The standard InChI is InChI=1S/C18H22N4S/c1-12(2)16-9-17(15(10-19)18-20-13(3)11-23-18)22(21-16)14-7-5-4-6-8-14/h4-9,11-12,15H,10,19H2,1-3H3. The van der Waals surface area contributed by atoms with Crippen LogP contribution in [0.3, 0.4) is 0 Å². The number of hydrogen-bond acceptors (Lipinski definition) is 4. The molecule has 3 aromatic rings. The van der Waals surface area contributed by atoms with E-state index in [1.807, 2.05) is 29.8 Å². The maximum atomic E-state index is 6.10. The Morgan fingerprint density at radius 3 is 2.52 bits per heavy atom. The zero-order valence-corrected chi connectivity index (χ0v) is 14.5. The van der Waals surface area contributed by atoms with Crippen molar-refractivity contribution in [3.8, 4) is 5.69 Å². The molecular formula is C18H22N4S. The molecule has 0 bridgehead atoms. The summed E-state index contributed by atoms with van der Waals surface area (Å²) in [7, 11) is 0. The SMILES string of the molecule is Cc1csc(C(CN)c2cc(C(C)C)nn2-c2ccccc2)n1. The first-order valence-corrected chi connectivity index (χ1v) is 8.75. The molecule has 0 radical (unpaired) electrons. The molecule has 0 saturated heterocycles. The lowest BCUT2D eigenvalue weighted by Crippen LogP contribution is -2.17. The quantitative estimate of drug-likeness (QED) is 0.775. The molecule has 0 amide bonds. The van der Waals surface area contributed by atoms with Crippen LogP contribution in [0, 0.1) is 6.92 Å². The van der Waals surface area contributed by atoms with Crippen molar-refractivity contribution < 1.29 is 0 Å². The molecule has 1 unspecified atom stereocenters. The Hall–Kier alpha value is -1.98. The molecule has 2 heterocycles. The average Bonchev–Trinajstić information content (AvgIpc) is 3.16. The van der Waals surface area contributed by atoms with Crippen molar-refractivity contribution in [1.82, 2.24) is 14.8 Å². The van der Waals surface area contributed by atoms with Gasteiger partial charge in [0.2, 0.25) is 0 Å². The predicted octanol–water partition coefficient (Wildman–Crippen LogP) is 3.85. The lowest BCUT2D eigenvalue weighted by molar-refractivity contribution is 0.702. The van der Waals surface area contributed by atoms with Gasteiger partial charge in [-0.15, -0.1) is 11.3 Å². The third-order valence-electron chi connectivity index (χ3n) is 3.88. The number of aromatic nitrogens is 3. The summed E-state index contributed by atoms with van der Waals surface area (Å²) >= 11 is 1.67. The minimum atomic E-state index is 0.0638. The van der Waals surface area contributed by atoms with E-state index in [0.29, 0.717) is 12.5 Å². The van der Waals surface area contributed by atoms with Crippen LogP contribution in [-0.2, 0) is 0 Å². The van der Waals surface area contributed by atoms with Gasteiger partial charge in [-0.25, -0.2) is 9.67 Å². The fourth-order valence-electron chi connectivity index (χ4n) is 2.60. The summed E-state index contributed by atoms with van der Waals surface area (Å²) in [6.45, 7) is 6.85. The van der Waals surface area contributed by atoms with Gasteiger partial charge in [0.25, 0.3) is 0 Å². The van der Waals surface area contributed by atoms with Crippen LogP contribution in [0.15, 0.2) is 41.8 Å². The van der Waals surface area contributed by atoms with Gasteiger partial charge in [0.15, 0.2) is 0 Å². The van der Waals surface area contributed by atoms with Crippen molar-refractivity contribution in [2.75, 3.05) is 6.54 Å². The Morgan fingerprint density at radius 1 is 1.22 bits per heavy atom. The zero-order valence-electron chi connectivity index (χ0n) is 13.7. The van der Waals surface area contributed by atoms with E-state index in [1.165, 1.54) is 0 Å². The Bertz CT molecular complexity index is 773. The van der Waals surface area contributed by atoms with Crippen molar-refractivity contribution in [2.24, 2.45) is 5.73 Å². The third-order valence-corrected chi connectivity index (χ3v) is 4.95. The first-order chi connectivity index (χ1) is 11.1. The number of benzene rings is 1. The summed E-state index contributed by atoms with van der Waals surface area (Å²) in [4.78, 5) is 4.64. The van der Waals surface area contributed by atoms with Gasteiger partial charge in [-0.05, 0) is 31.0 Å². The van der Waals surface area contributed by atoms with Gasteiger partial charge >= 0.3 is 0 Å². The highest BCUT2D eigenvalue weighted by Crippen LogP contribution is 2.30. The maximum absolute atomic E-state index is 6.10. The molecule has 120 valence electrons. The second-order valence-electron chi connectivity index (χ2n) is 6.01. The molecule has 2 aromatic heterocycles. The molecule has 2 N–H and O–H groups in total. The van der Waals surface area contributed by atoms with Crippen molar-refractivity contribution in [2.45, 2.75) is 32.6 Å². The molecule has 1 atom stereocenters. The summed E-state index contributed by atoms with van der Waals surface area (Å²) in [6.07, 6.45) is 0. The summed E-state index contributed by atoms with van der Waals surface area (Å²) in [5.74, 6) is 0.434. The van der Waals surface area contributed by atoms with E-state index in [4.69, 9.17) is 10.8 Å². The molecule has 1 aromatic carbocycles.